The number of hydrogen-bond acceptors (Lipinski definition) is 7. The number of benzene rings is 2. The monoisotopic (exact) mass is 700 g/mol. The van der Waals surface area contributed by atoms with E-state index in [1.54, 1.807) is 14.1 Å². The van der Waals surface area contributed by atoms with Crippen LogP contribution in [0.4, 0.5) is 8.78 Å². The third-order valence-corrected chi connectivity index (χ3v) is 10.0. The summed E-state index contributed by atoms with van der Waals surface area (Å²) in [5, 5.41) is 0.493. The van der Waals surface area contributed by atoms with Crippen molar-refractivity contribution < 1.29 is 46.0 Å². The molecule has 46 heavy (non-hydrogen) atoms. The fourth-order valence-corrected chi connectivity index (χ4v) is 6.31. The summed E-state index contributed by atoms with van der Waals surface area (Å²) in [6.07, 6.45) is 3.74. The molecule has 1 saturated carbocycles. The molecule has 0 radical (unpaired) electrons. The molecular formula is C31H34Cl2F2N3O7S+. The molecular weight excluding hydrogens is 667 g/mol. The number of ether oxygens (including phenoxy) is 3. The van der Waals surface area contributed by atoms with Gasteiger partial charge < -0.3 is 19.1 Å². The minimum Gasteiger partial charge on any atom is -0.489 e. The Morgan fingerprint density at radius 1 is 1.02 bits per heavy atom. The van der Waals surface area contributed by atoms with Gasteiger partial charge in [0, 0.05) is 38.7 Å². The molecule has 0 spiro atoms. The summed E-state index contributed by atoms with van der Waals surface area (Å²) in [6, 6.07) is 8.31. The molecule has 3 aromatic rings. The molecule has 2 atom stereocenters. The minimum absolute atomic E-state index is 0.0317. The number of H-pyrrole nitrogens is 1. The summed E-state index contributed by atoms with van der Waals surface area (Å²) < 4.78 is 70.5. The maximum absolute atomic E-state index is 13.6. The molecule has 4 rings (SSSR count). The van der Waals surface area contributed by atoms with E-state index in [-0.39, 0.29) is 38.4 Å². The molecule has 0 aliphatic heterocycles. The van der Waals surface area contributed by atoms with Crippen molar-refractivity contribution in [2.45, 2.75) is 49.8 Å². The summed E-state index contributed by atoms with van der Waals surface area (Å²) in [6.45, 7) is -1.45. The van der Waals surface area contributed by atoms with Crippen LogP contribution in [0.2, 0.25) is 10.0 Å². The summed E-state index contributed by atoms with van der Waals surface area (Å²) in [5.74, 6) is -1.17. The Kier molecular flexibility index (Phi) is 11.5. The van der Waals surface area contributed by atoms with Gasteiger partial charge in [-0.2, -0.15) is 13.1 Å². The molecule has 1 aliphatic carbocycles. The number of aromatic amines is 1. The summed E-state index contributed by atoms with van der Waals surface area (Å²) in [7, 11) is 0.0395. The van der Waals surface area contributed by atoms with E-state index in [4.69, 9.17) is 32.7 Å². The number of nitrogens with zero attached hydrogens (tertiary/aromatic N) is 2. The zero-order valence-electron chi connectivity index (χ0n) is 25.5. The van der Waals surface area contributed by atoms with E-state index in [2.05, 4.69) is 9.72 Å². The first-order valence-electron chi connectivity index (χ1n) is 14.2. The number of esters is 1. The van der Waals surface area contributed by atoms with Crippen LogP contribution in [0.15, 0.2) is 59.8 Å². The van der Waals surface area contributed by atoms with Crippen LogP contribution in [0.25, 0.3) is 0 Å². The van der Waals surface area contributed by atoms with Gasteiger partial charge in [0.15, 0.2) is 23.9 Å². The van der Waals surface area contributed by atoms with Crippen molar-refractivity contribution in [1.82, 2.24) is 9.21 Å². The highest BCUT2D eigenvalue weighted by molar-refractivity contribution is 7.89. The highest BCUT2D eigenvalue weighted by atomic mass is 35.5. The van der Waals surface area contributed by atoms with Crippen LogP contribution in [0.3, 0.4) is 0 Å². The second-order valence-electron chi connectivity index (χ2n) is 11.0. The predicted octanol–water partition coefficient (Wildman–Crippen LogP) is 5.44. The smallest absolute Gasteiger partial charge is 0.387 e. The lowest BCUT2D eigenvalue weighted by Crippen LogP contribution is -2.41. The van der Waals surface area contributed by atoms with Crippen molar-refractivity contribution in [3.05, 3.63) is 81.6 Å². The topological polar surface area (TPSA) is 117 Å². The highest BCUT2D eigenvalue weighted by Gasteiger charge is 2.34. The van der Waals surface area contributed by atoms with Gasteiger partial charge in [0.25, 0.3) is 5.91 Å². The lowest BCUT2D eigenvalue weighted by molar-refractivity contribution is -0.377. The van der Waals surface area contributed by atoms with Crippen molar-refractivity contribution >= 4 is 45.1 Å². The Bertz CT molecular complexity index is 1670. The van der Waals surface area contributed by atoms with E-state index in [1.165, 1.54) is 73.7 Å². The van der Waals surface area contributed by atoms with Crippen molar-refractivity contribution in [2.24, 2.45) is 5.92 Å². The van der Waals surface area contributed by atoms with Gasteiger partial charge in [-0.15, -0.1) is 0 Å². The van der Waals surface area contributed by atoms with Gasteiger partial charge in [-0.25, -0.2) is 13.4 Å². The van der Waals surface area contributed by atoms with Crippen LogP contribution in [-0.2, 0) is 26.0 Å². The number of carbonyl (C=O) groups excluding carboxylic acids is 2. The van der Waals surface area contributed by atoms with Crippen LogP contribution >= 0.6 is 23.2 Å². The number of amides is 1. The number of rotatable bonds is 14. The summed E-state index contributed by atoms with van der Waals surface area (Å²) in [5.41, 5.74) is 0.917. The number of likely N-dealkylation sites (N-methyl/N-ethyl adjacent to an activating group) is 1. The quantitative estimate of drug-likeness (QED) is 0.206. The molecule has 0 saturated heterocycles. The van der Waals surface area contributed by atoms with Crippen LogP contribution in [0.5, 0.6) is 11.5 Å². The molecule has 1 aromatic heterocycles. The number of carbonyl (C=O) groups is 2. The maximum atomic E-state index is 13.6. The second kappa shape index (κ2) is 14.9. The Morgan fingerprint density at radius 3 is 2.30 bits per heavy atom. The lowest BCUT2D eigenvalue weighted by Gasteiger charge is -2.26. The molecule has 1 amide bonds. The van der Waals surface area contributed by atoms with E-state index < -0.39 is 40.7 Å². The van der Waals surface area contributed by atoms with Crippen LogP contribution in [0.1, 0.15) is 47.4 Å². The molecule has 248 valence electrons. The number of hydrogen-bond donors (Lipinski definition) is 0. The standard InChI is InChI=1S/C31H33Cl2F2N3O7S/c1-18(38(4)46(41,42)22-7-5-6-21(12-22)29(39)37(2)3)30(40)44-27(14-23-24(32)15-36-16-25(23)33)20-10-11-26(45-31(34)35)28(13-20)43-17-19-8-9-19/h5-7,10-13,15-16,18-19,27,31H,8-9,14,17H2,1-4H3/p+1/t18-,27-/m1/s1. The average molecular weight is 702 g/mol. The number of aromatic nitrogens is 1. The fourth-order valence-electron chi connectivity index (χ4n) is 4.42. The SMILES string of the molecule is C[C@H](C(=O)O[C@H](Cc1c(Cl)c[nH+]cc1Cl)c1ccc(OC(F)F)c(OCC2CC2)c1)N(C)S(=O)(=O)c1cccc(C(=O)N(C)C)c1. The van der Waals surface area contributed by atoms with E-state index >= 15 is 0 Å². The number of halogens is 4. The molecule has 2 aromatic carbocycles. The number of alkyl halides is 2. The molecule has 1 heterocycles. The number of sulfonamides is 1. The van der Waals surface area contributed by atoms with Crippen LogP contribution in [-0.4, -0.2) is 69.9 Å². The number of pyridine rings is 1. The molecule has 0 unspecified atom stereocenters. The molecule has 1 aliphatic rings. The second-order valence-corrected chi connectivity index (χ2v) is 13.8. The zero-order chi connectivity index (χ0) is 33.8. The van der Waals surface area contributed by atoms with Gasteiger partial charge >= 0.3 is 12.6 Å². The predicted molar refractivity (Wildman–Crippen MR) is 166 cm³/mol. The minimum atomic E-state index is -4.26. The Hall–Kier alpha value is -3.52. The largest absolute Gasteiger partial charge is 0.489 e. The summed E-state index contributed by atoms with van der Waals surface area (Å²) in [4.78, 5) is 29.9. The Morgan fingerprint density at radius 2 is 1.70 bits per heavy atom. The maximum Gasteiger partial charge on any atom is 0.387 e. The Labute approximate surface area is 276 Å². The van der Waals surface area contributed by atoms with Gasteiger partial charge in [0.1, 0.15) is 22.2 Å². The van der Waals surface area contributed by atoms with Crippen molar-refractivity contribution in [3.8, 4) is 11.5 Å². The lowest BCUT2D eigenvalue weighted by atomic mass is 10.0. The number of nitrogens with one attached hydrogen (secondary N) is 1. The molecule has 0 bridgehead atoms. The van der Waals surface area contributed by atoms with Crippen molar-refractivity contribution in [2.75, 3.05) is 27.7 Å². The van der Waals surface area contributed by atoms with Gasteiger partial charge in [-0.05, 0) is 61.6 Å². The van der Waals surface area contributed by atoms with E-state index in [1.807, 2.05) is 0 Å². The van der Waals surface area contributed by atoms with Gasteiger partial charge in [-0.1, -0.05) is 35.3 Å². The third kappa shape index (κ3) is 8.64. The van der Waals surface area contributed by atoms with E-state index in [0.717, 1.165) is 17.1 Å². The van der Waals surface area contributed by atoms with E-state index in [9.17, 15) is 26.8 Å². The molecule has 1 N–H and O–H groups in total. The van der Waals surface area contributed by atoms with Gasteiger partial charge in [0.2, 0.25) is 10.0 Å². The first-order valence-corrected chi connectivity index (χ1v) is 16.4. The van der Waals surface area contributed by atoms with Gasteiger partial charge in [-0.3, -0.25) is 9.59 Å². The van der Waals surface area contributed by atoms with E-state index in [0.29, 0.717) is 23.7 Å². The molecule has 15 heteroatoms. The molecule has 10 nitrogen and oxygen atoms in total. The molecule has 1 fully saturated rings. The Balaban J connectivity index is 1.64. The first kappa shape index (κ1) is 35.3. The first-order chi connectivity index (χ1) is 21.7. The normalized spacial score (nSPS) is 14.6. The highest BCUT2D eigenvalue weighted by Crippen LogP contribution is 2.38. The fraction of sp³-hybridized carbons (Fsp3) is 0.387. The van der Waals surface area contributed by atoms with Crippen LogP contribution in [0, 0.1) is 5.92 Å². The third-order valence-electron chi connectivity index (χ3n) is 7.42. The van der Waals surface area contributed by atoms with Gasteiger partial charge in [0.05, 0.1) is 11.5 Å². The summed E-state index contributed by atoms with van der Waals surface area (Å²) >= 11 is 12.8. The van der Waals surface area contributed by atoms with Crippen molar-refractivity contribution in [1.29, 1.82) is 0 Å². The van der Waals surface area contributed by atoms with Crippen LogP contribution < -0.4 is 14.5 Å². The zero-order valence-corrected chi connectivity index (χ0v) is 27.8. The average Bonchev–Trinajstić information content (AvgIpc) is 3.85. The van der Waals surface area contributed by atoms with Crippen molar-refractivity contribution in [3.63, 3.8) is 0 Å².